The van der Waals surface area contributed by atoms with E-state index in [4.69, 9.17) is 0 Å². The van der Waals surface area contributed by atoms with E-state index in [-0.39, 0.29) is 5.56 Å². The van der Waals surface area contributed by atoms with Crippen molar-refractivity contribution in [2.45, 2.75) is 26.4 Å². The summed E-state index contributed by atoms with van der Waals surface area (Å²) in [5.74, 6) is 0. The van der Waals surface area contributed by atoms with Crippen molar-refractivity contribution in [2.75, 3.05) is 5.32 Å². The predicted molar refractivity (Wildman–Crippen MR) is 89.0 cm³/mol. The molecule has 0 saturated heterocycles. The van der Waals surface area contributed by atoms with Crippen LogP contribution < -0.4 is 10.9 Å². The summed E-state index contributed by atoms with van der Waals surface area (Å²) >= 11 is 0. The standard InChI is InChI=1S/C17H20N4O/c1-3-8-21-12-18-10-15(21)11-19-14-6-4-13-5-7-17(22)20(2)16(13)9-14/h4-7,9-10,12,19H,3,8,11H2,1-2H3. The maximum atomic E-state index is 11.7. The van der Waals surface area contributed by atoms with Gasteiger partial charge in [0.15, 0.2) is 0 Å². The quantitative estimate of drug-likeness (QED) is 0.787. The predicted octanol–water partition coefficient (Wildman–Crippen LogP) is 2.76. The molecule has 0 bridgehead atoms. The lowest BCUT2D eigenvalue weighted by molar-refractivity contribution is 0.651. The van der Waals surface area contributed by atoms with Gasteiger partial charge in [0.05, 0.1) is 24.1 Å². The van der Waals surface area contributed by atoms with Crippen LogP contribution in [-0.2, 0) is 20.1 Å². The topological polar surface area (TPSA) is 51.9 Å². The van der Waals surface area contributed by atoms with Crippen LogP contribution in [0.15, 0.2) is 47.7 Å². The Morgan fingerprint density at radius 3 is 2.86 bits per heavy atom. The van der Waals surface area contributed by atoms with Gasteiger partial charge < -0.3 is 14.5 Å². The van der Waals surface area contributed by atoms with Gasteiger partial charge in [0.25, 0.3) is 5.56 Å². The molecule has 5 nitrogen and oxygen atoms in total. The van der Waals surface area contributed by atoms with Gasteiger partial charge in [-0.05, 0) is 30.0 Å². The lowest BCUT2D eigenvalue weighted by Crippen LogP contribution is -2.15. The van der Waals surface area contributed by atoms with Gasteiger partial charge in [-0.3, -0.25) is 4.79 Å². The van der Waals surface area contributed by atoms with Crippen molar-refractivity contribution in [3.8, 4) is 0 Å². The summed E-state index contributed by atoms with van der Waals surface area (Å²) in [6.07, 6.45) is 4.84. The Balaban J connectivity index is 1.83. The van der Waals surface area contributed by atoms with Crippen molar-refractivity contribution in [1.82, 2.24) is 14.1 Å². The lowest BCUT2D eigenvalue weighted by Gasteiger charge is -2.11. The summed E-state index contributed by atoms with van der Waals surface area (Å²) in [5.41, 5.74) is 3.09. The molecule has 2 aromatic heterocycles. The second-order valence-corrected chi connectivity index (χ2v) is 5.44. The van der Waals surface area contributed by atoms with Crippen LogP contribution >= 0.6 is 0 Å². The smallest absolute Gasteiger partial charge is 0.250 e. The number of nitrogens with one attached hydrogen (secondary N) is 1. The Labute approximate surface area is 129 Å². The third-order valence-electron chi connectivity index (χ3n) is 3.86. The first-order chi connectivity index (χ1) is 10.7. The van der Waals surface area contributed by atoms with E-state index in [0.717, 1.165) is 35.2 Å². The maximum Gasteiger partial charge on any atom is 0.250 e. The monoisotopic (exact) mass is 296 g/mol. The molecule has 0 aliphatic rings. The fourth-order valence-electron chi connectivity index (χ4n) is 2.61. The minimum Gasteiger partial charge on any atom is -0.379 e. The number of hydrogen-bond donors (Lipinski definition) is 1. The molecule has 1 aromatic carbocycles. The molecule has 0 radical (unpaired) electrons. The number of fused-ring (bicyclic) bond motifs is 1. The number of imidazole rings is 1. The molecule has 5 heteroatoms. The highest BCUT2D eigenvalue weighted by molar-refractivity contribution is 5.82. The summed E-state index contributed by atoms with van der Waals surface area (Å²) in [7, 11) is 1.80. The van der Waals surface area contributed by atoms with E-state index >= 15 is 0 Å². The van der Waals surface area contributed by atoms with Gasteiger partial charge in [-0.15, -0.1) is 0 Å². The first-order valence-electron chi connectivity index (χ1n) is 7.51. The average Bonchev–Trinajstić information content (AvgIpc) is 2.97. The van der Waals surface area contributed by atoms with Crippen molar-refractivity contribution >= 4 is 16.6 Å². The molecule has 2 heterocycles. The highest BCUT2D eigenvalue weighted by Crippen LogP contribution is 2.18. The third kappa shape index (κ3) is 2.74. The molecule has 3 aromatic rings. The number of aryl methyl sites for hydroxylation is 2. The van der Waals surface area contributed by atoms with E-state index in [9.17, 15) is 4.79 Å². The molecule has 0 aliphatic carbocycles. The summed E-state index contributed by atoms with van der Waals surface area (Å²) in [4.78, 5) is 15.9. The first-order valence-corrected chi connectivity index (χ1v) is 7.51. The number of nitrogens with zero attached hydrogens (tertiary/aromatic N) is 3. The molecule has 1 N–H and O–H groups in total. The molecule has 0 aliphatic heterocycles. The van der Waals surface area contributed by atoms with E-state index in [1.165, 1.54) is 0 Å². The molecular formula is C17H20N4O. The number of aromatic nitrogens is 3. The van der Waals surface area contributed by atoms with Crippen LogP contribution in [0.25, 0.3) is 10.9 Å². The van der Waals surface area contributed by atoms with E-state index in [1.54, 1.807) is 17.7 Å². The highest BCUT2D eigenvalue weighted by Gasteiger charge is 2.03. The Bertz CT molecular complexity index is 847. The molecule has 114 valence electrons. The van der Waals surface area contributed by atoms with Crippen molar-refractivity contribution < 1.29 is 0 Å². The van der Waals surface area contributed by atoms with Crippen molar-refractivity contribution in [1.29, 1.82) is 0 Å². The maximum absolute atomic E-state index is 11.7. The zero-order valence-electron chi connectivity index (χ0n) is 12.9. The van der Waals surface area contributed by atoms with Crippen molar-refractivity contribution in [3.63, 3.8) is 0 Å². The number of hydrogen-bond acceptors (Lipinski definition) is 3. The lowest BCUT2D eigenvalue weighted by atomic mass is 10.2. The van der Waals surface area contributed by atoms with Gasteiger partial charge in [0.1, 0.15) is 0 Å². The second kappa shape index (κ2) is 6.05. The minimum atomic E-state index is 0.00525. The number of pyridine rings is 1. The highest BCUT2D eigenvalue weighted by atomic mass is 16.1. The fourth-order valence-corrected chi connectivity index (χ4v) is 2.61. The van der Waals surface area contributed by atoms with E-state index < -0.39 is 0 Å². The van der Waals surface area contributed by atoms with Gasteiger partial charge in [-0.25, -0.2) is 4.98 Å². The Kier molecular flexibility index (Phi) is 3.96. The molecule has 0 atom stereocenters. The van der Waals surface area contributed by atoms with E-state index in [1.807, 2.05) is 36.8 Å². The Morgan fingerprint density at radius 1 is 1.23 bits per heavy atom. The zero-order chi connectivity index (χ0) is 15.5. The van der Waals surface area contributed by atoms with Crippen molar-refractivity contribution in [3.05, 3.63) is 58.9 Å². The van der Waals surface area contributed by atoms with Crippen LogP contribution in [0.5, 0.6) is 0 Å². The molecule has 0 saturated carbocycles. The molecule has 0 spiro atoms. The molecule has 0 amide bonds. The van der Waals surface area contributed by atoms with Gasteiger partial charge in [-0.2, -0.15) is 0 Å². The number of rotatable bonds is 5. The van der Waals surface area contributed by atoms with Crippen LogP contribution in [0.1, 0.15) is 19.0 Å². The van der Waals surface area contributed by atoms with Crippen LogP contribution in [0.3, 0.4) is 0 Å². The number of anilines is 1. The van der Waals surface area contributed by atoms with Gasteiger partial charge in [-0.1, -0.05) is 13.0 Å². The minimum absolute atomic E-state index is 0.00525. The summed E-state index contributed by atoms with van der Waals surface area (Å²) < 4.78 is 3.83. The normalized spacial score (nSPS) is 11.0. The molecule has 0 fully saturated rings. The molecule has 22 heavy (non-hydrogen) atoms. The van der Waals surface area contributed by atoms with Crippen LogP contribution in [0.4, 0.5) is 5.69 Å². The van der Waals surface area contributed by atoms with E-state index in [2.05, 4.69) is 21.8 Å². The first kappa shape index (κ1) is 14.4. The second-order valence-electron chi connectivity index (χ2n) is 5.44. The van der Waals surface area contributed by atoms with Crippen LogP contribution in [-0.4, -0.2) is 14.1 Å². The van der Waals surface area contributed by atoms with Crippen LogP contribution in [0, 0.1) is 0 Å². The molecule has 0 unspecified atom stereocenters. The SMILES string of the molecule is CCCn1cncc1CNc1ccc2ccc(=O)n(C)c2c1. The largest absolute Gasteiger partial charge is 0.379 e. The summed E-state index contributed by atoms with van der Waals surface area (Å²) in [5, 5.41) is 4.47. The van der Waals surface area contributed by atoms with Gasteiger partial charge >= 0.3 is 0 Å². The summed E-state index contributed by atoms with van der Waals surface area (Å²) in [6.45, 7) is 3.84. The zero-order valence-corrected chi connectivity index (χ0v) is 12.9. The van der Waals surface area contributed by atoms with E-state index in [0.29, 0.717) is 6.54 Å². The van der Waals surface area contributed by atoms with Crippen LogP contribution in [0.2, 0.25) is 0 Å². The average molecular weight is 296 g/mol. The molecular weight excluding hydrogens is 276 g/mol. The van der Waals surface area contributed by atoms with Gasteiger partial charge in [0.2, 0.25) is 0 Å². The van der Waals surface area contributed by atoms with Crippen molar-refractivity contribution in [2.24, 2.45) is 7.05 Å². The number of benzene rings is 1. The van der Waals surface area contributed by atoms with Gasteiger partial charge in [0, 0.05) is 31.5 Å². The fraction of sp³-hybridized carbons (Fsp3) is 0.294. The summed E-state index contributed by atoms with van der Waals surface area (Å²) in [6, 6.07) is 9.53. The Hall–Kier alpha value is -2.56. The molecule has 3 rings (SSSR count). The third-order valence-corrected chi connectivity index (χ3v) is 3.86. The Morgan fingerprint density at radius 2 is 2.05 bits per heavy atom.